The molecule has 29 heavy (non-hydrogen) atoms. The van der Waals surface area contributed by atoms with Crippen LogP contribution in [0.1, 0.15) is 36.5 Å². The molecule has 3 rings (SSSR count). The second kappa shape index (κ2) is 10.8. The quantitative estimate of drug-likeness (QED) is 0.632. The Morgan fingerprint density at radius 2 is 2.00 bits per heavy atom. The fraction of sp³-hybridized carbons (Fsp3) is 0.364. The van der Waals surface area contributed by atoms with E-state index in [1.807, 2.05) is 31.2 Å². The van der Waals surface area contributed by atoms with E-state index in [-0.39, 0.29) is 17.1 Å². The van der Waals surface area contributed by atoms with Crippen molar-refractivity contribution in [1.82, 2.24) is 5.32 Å². The highest BCUT2D eigenvalue weighted by Crippen LogP contribution is 2.20. The Kier molecular flexibility index (Phi) is 7.84. The van der Waals surface area contributed by atoms with Crippen LogP contribution in [0.25, 0.3) is 0 Å². The number of carbonyl (C=O) groups is 1. The summed E-state index contributed by atoms with van der Waals surface area (Å²) >= 11 is 5.26. The minimum absolute atomic E-state index is 0.158. The third-order valence-corrected chi connectivity index (χ3v) is 4.57. The monoisotopic (exact) mass is 414 g/mol. The normalized spacial score (nSPS) is 15.6. The van der Waals surface area contributed by atoms with Crippen molar-refractivity contribution in [3.63, 3.8) is 0 Å². The van der Waals surface area contributed by atoms with Gasteiger partial charge in [-0.1, -0.05) is 13.0 Å². The van der Waals surface area contributed by atoms with Crippen molar-refractivity contribution < 1.29 is 19.0 Å². The molecule has 1 unspecified atom stereocenters. The zero-order valence-corrected chi connectivity index (χ0v) is 17.3. The highest BCUT2D eigenvalue weighted by molar-refractivity contribution is 7.80. The summed E-state index contributed by atoms with van der Waals surface area (Å²) in [6.45, 7) is 4.03. The van der Waals surface area contributed by atoms with Gasteiger partial charge in [0.1, 0.15) is 18.1 Å². The van der Waals surface area contributed by atoms with Crippen molar-refractivity contribution in [3.05, 3.63) is 54.1 Å². The third kappa shape index (κ3) is 6.73. The highest BCUT2D eigenvalue weighted by atomic mass is 32.1. The van der Waals surface area contributed by atoms with Crippen molar-refractivity contribution in [2.45, 2.75) is 32.3 Å². The molecular formula is C22H26N2O4S. The van der Waals surface area contributed by atoms with E-state index < -0.39 is 0 Å². The maximum atomic E-state index is 12.4. The summed E-state index contributed by atoms with van der Waals surface area (Å²) in [7, 11) is 0. The number of hydrogen-bond acceptors (Lipinski definition) is 5. The smallest absolute Gasteiger partial charge is 0.257 e. The molecule has 0 radical (unpaired) electrons. The van der Waals surface area contributed by atoms with Gasteiger partial charge in [-0.3, -0.25) is 10.1 Å². The number of anilines is 1. The largest absolute Gasteiger partial charge is 0.494 e. The van der Waals surface area contributed by atoms with E-state index in [9.17, 15) is 4.79 Å². The van der Waals surface area contributed by atoms with E-state index in [0.717, 1.165) is 43.1 Å². The molecule has 1 aliphatic rings. The Morgan fingerprint density at radius 1 is 1.17 bits per heavy atom. The van der Waals surface area contributed by atoms with Gasteiger partial charge >= 0.3 is 0 Å². The van der Waals surface area contributed by atoms with Crippen molar-refractivity contribution >= 4 is 28.9 Å². The van der Waals surface area contributed by atoms with Gasteiger partial charge < -0.3 is 19.5 Å². The lowest BCUT2D eigenvalue weighted by molar-refractivity contribution is 0.0680. The number of carbonyl (C=O) groups excluding carboxylic acids is 1. The third-order valence-electron chi connectivity index (χ3n) is 4.37. The number of amides is 1. The Bertz CT molecular complexity index is 820. The molecule has 2 aromatic carbocycles. The molecular weight excluding hydrogens is 388 g/mol. The fourth-order valence-electron chi connectivity index (χ4n) is 2.89. The summed E-state index contributed by atoms with van der Waals surface area (Å²) in [5.74, 6) is 1.18. The number of nitrogens with one attached hydrogen (secondary N) is 2. The molecule has 7 heteroatoms. The lowest BCUT2D eigenvalue weighted by Gasteiger charge is -2.13. The van der Waals surface area contributed by atoms with E-state index in [1.54, 1.807) is 24.3 Å². The zero-order chi connectivity index (χ0) is 20.5. The van der Waals surface area contributed by atoms with Gasteiger partial charge in [0.15, 0.2) is 5.11 Å². The molecule has 1 fully saturated rings. The molecule has 0 bridgehead atoms. The van der Waals surface area contributed by atoms with E-state index in [0.29, 0.717) is 18.8 Å². The van der Waals surface area contributed by atoms with Gasteiger partial charge in [0.05, 0.1) is 12.7 Å². The molecule has 0 saturated carbocycles. The first-order valence-corrected chi connectivity index (χ1v) is 10.2. The van der Waals surface area contributed by atoms with Crippen LogP contribution in [0.4, 0.5) is 5.69 Å². The van der Waals surface area contributed by atoms with Crippen LogP contribution in [-0.4, -0.2) is 36.9 Å². The molecule has 0 aromatic heterocycles. The molecule has 154 valence electrons. The minimum Gasteiger partial charge on any atom is -0.494 e. The number of hydrogen-bond donors (Lipinski definition) is 2. The second-order valence-corrected chi connectivity index (χ2v) is 7.16. The van der Waals surface area contributed by atoms with E-state index in [4.69, 9.17) is 26.4 Å². The fourth-order valence-corrected chi connectivity index (χ4v) is 3.10. The second-order valence-electron chi connectivity index (χ2n) is 6.75. The zero-order valence-electron chi connectivity index (χ0n) is 16.5. The molecule has 2 aromatic rings. The van der Waals surface area contributed by atoms with Gasteiger partial charge in [0, 0.05) is 23.9 Å². The SMILES string of the molecule is CCCOc1ccc(C(=O)NC(=S)Nc2cccc(OCC3CCCO3)c2)cc1. The van der Waals surface area contributed by atoms with Crippen LogP contribution in [0.3, 0.4) is 0 Å². The maximum absolute atomic E-state index is 12.4. The molecule has 0 spiro atoms. The molecule has 1 amide bonds. The molecule has 1 saturated heterocycles. The number of thiocarbonyl (C=S) groups is 1. The Hall–Kier alpha value is -2.64. The van der Waals surface area contributed by atoms with E-state index in [2.05, 4.69) is 10.6 Å². The summed E-state index contributed by atoms with van der Waals surface area (Å²) in [5, 5.41) is 5.92. The summed E-state index contributed by atoms with van der Waals surface area (Å²) in [4.78, 5) is 12.4. The van der Waals surface area contributed by atoms with Gasteiger partial charge in [-0.2, -0.15) is 0 Å². The van der Waals surface area contributed by atoms with Crippen molar-refractivity contribution in [3.8, 4) is 11.5 Å². The minimum atomic E-state index is -0.282. The van der Waals surface area contributed by atoms with Gasteiger partial charge in [0.2, 0.25) is 0 Å². The summed E-state index contributed by atoms with van der Waals surface area (Å²) in [6, 6.07) is 14.4. The van der Waals surface area contributed by atoms with Crippen LogP contribution >= 0.6 is 12.2 Å². The lowest BCUT2D eigenvalue weighted by atomic mass is 10.2. The van der Waals surface area contributed by atoms with Gasteiger partial charge in [0.25, 0.3) is 5.91 Å². The van der Waals surface area contributed by atoms with Crippen molar-refractivity contribution in [2.75, 3.05) is 25.1 Å². The number of benzene rings is 2. The molecule has 0 aliphatic carbocycles. The lowest BCUT2D eigenvalue weighted by Crippen LogP contribution is -2.34. The molecule has 1 heterocycles. The number of rotatable bonds is 8. The van der Waals surface area contributed by atoms with Crippen LogP contribution in [0, 0.1) is 0 Å². The molecule has 1 aliphatic heterocycles. The predicted octanol–water partition coefficient (Wildman–Crippen LogP) is 4.16. The van der Waals surface area contributed by atoms with Crippen LogP contribution in [0.5, 0.6) is 11.5 Å². The average Bonchev–Trinajstić information content (AvgIpc) is 3.25. The van der Waals surface area contributed by atoms with E-state index in [1.165, 1.54) is 0 Å². The van der Waals surface area contributed by atoms with Crippen LogP contribution in [0.15, 0.2) is 48.5 Å². The summed E-state index contributed by atoms with van der Waals surface area (Å²) in [6.07, 6.45) is 3.20. The predicted molar refractivity (Wildman–Crippen MR) is 117 cm³/mol. The van der Waals surface area contributed by atoms with Crippen molar-refractivity contribution in [1.29, 1.82) is 0 Å². The Balaban J connectivity index is 1.49. The topological polar surface area (TPSA) is 68.8 Å². The maximum Gasteiger partial charge on any atom is 0.257 e. The van der Waals surface area contributed by atoms with E-state index >= 15 is 0 Å². The first-order chi connectivity index (χ1) is 14.1. The first-order valence-electron chi connectivity index (χ1n) is 9.83. The standard InChI is InChI=1S/C22H26N2O4S/c1-2-12-26-18-10-8-16(9-11-18)21(25)24-22(29)23-17-5-3-6-19(14-17)28-15-20-7-4-13-27-20/h3,5-6,8-11,14,20H,2,4,7,12-13,15H2,1H3,(H2,23,24,25,29). The van der Waals surface area contributed by atoms with Crippen LogP contribution in [-0.2, 0) is 4.74 Å². The molecule has 2 N–H and O–H groups in total. The van der Waals surface area contributed by atoms with Crippen LogP contribution in [0.2, 0.25) is 0 Å². The molecule has 6 nitrogen and oxygen atoms in total. The van der Waals surface area contributed by atoms with Gasteiger partial charge in [-0.05, 0) is 67.9 Å². The van der Waals surface area contributed by atoms with Gasteiger partial charge in [-0.25, -0.2) is 0 Å². The van der Waals surface area contributed by atoms with Gasteiger partial charge in [-0.15, -0.1) is 0 Å². The Labute approximate surface area is 176 Å². The first kappa shape index (κ1) is 21.1. The Morgan fingerprint density at radius 3 is 2.72 bits per heavy atom. The average molecular weight is 415 g/mol. The number of ether oxygens (including phenoxy) is 3. The van der Waals surface area contributed by atoms with Crippen LogP contribution < -0.4 is 20.1 Å². The summed E-state index contributed by atoms with van der Waals surface area (Å²) in [5.41, 5.74) is 1.25. The van der Waals surface area contributed by atoms with Crippen molar-refractivity contribution in [2.24, 2.45) is 0 Å². The highest BCUT2D eigenvalue weighted by Gasteiger charge is 2.16. The molecule has 1 atom stereocenters. The summed E-state index contributed by atoms with van der Waals surface area (Å²) < 4.78 is 16.9.